The van der Waals surface area contributed by atoms with Gasteiger partial charge >= 0.3 is 0 Å². The number of amides is 1. The van der Waals surface area contributed by atoms with E-state index >= 15 is 0 Å². The third-order valence-corrected chi connectivity index (χ3v) is 3.64. The van der Waals surface area contributed by atoms with E-state index in [1.807, 2.05) is 20.8 Å². The number of piperidine rings is 1. The fourth-order valence-corrected chi connectivity index (χ4v) is 2.53. The largest absolute Gasteiger partial charge is 0.366 e. The van der Waals surface area contributed by atoms with Crippen LogP contribution in [0.4, 0.5) is 0 Å². The van der Waals surface area contributed by atoms with Crippen LogP contribution in [0, 0.1) is 5.92 Å². The van der Waals surface area contributed by atoms with Gasteiger partial charge in [-0.15, -0.1) is 0 Å². The van der Waals surface area contributed by atoms with Crippen LogP contribution in [0.1, 0.15) is 33.6 Å². The topological polar surface area (TPSA) is 102 Å². The lowest BCUT2D eigenvalue weighted by Gasteiger charge is -2.33. The Kier molecular flexibility index (Phi) is 5.93. The second-order valence-corrected chi connectivity index (χ2v) is 7.52. The predicted molar refractivity (Wildman–Crippen MR) is 76.1 cm³/mol. The van der Waals surface area contributed by atoms with Crippen LogP contribution in [-0.4, -0.2) is 51.1 Å². The van der Waals surface area contributed by atoms with Gasteiger partial charge in [0.15, 0.2) is 0 Å². The quantitative estimate of drug-likeness (QED) is 0.736. The molecule has 0 spiro atoms. The molecule has 1 fully saturated rings. The summed E-state index contributed by atoms with van der Waals surface area (Å²) in [6, 6.07) is 0. The van der Waals surface area contributed by atoms with Gasteiger partial charge in [0.1, 0.15) is 6.61 Å². The Balaban J connectivity index is 2.42. The van der Waals surface area contributed by atoms with Gasteiger partial charge in [-0.2, -0.15) is 8.42 Å². The minimum absolute atomic E-state index is 0.0544. The zero-order chi connectivity index (χ0) is 15.4. The first-order valence-corrected chi connectivity index (χ1v) is 8.30. The highest BCUT2D eigenvalue weighted by Crippen LogP contribution is 2.16. The third-order valence-electron chi connectivity index (χ3n) is 3.07. The van der Waals surface area contributed by atoms with Crippen molar-refractivity contribution in [3.8, 4) is 0 Å². The first kappa shape index (κ1) is 17.4. The average molecular weight is 307 g/mol. The first-order valence-electron chi connectivity index (χ1n) is 6.76. The lowest BCUT2D eigenvalue weighted by molar-refractivity contribution is -0.142. The molecule has 3 N–H and O–H groups in total. The van der Waals surface area contributed by atoms with Gasteiger partial charge in [-0.05, 0) is 39.5 Å². The summed E-state index contributed by atoms with van der Waals surface area (Å²) in [5, 5.41) is 4.90. The maximum Gasteiger partial charge on any atom is 0.274 e. The number of ether oxygens (including phenoxy) is 1. The second-order valence-electron chi connectivity index (χ2n) is 6.14. The van der Waals surface area contributed by atoms with Gasteiger partial charge in [-0.1, -0.05) is 0 Å². The molecule has 1 atom stereocenters. The normalized spacial score (nSPS) is 21.0. The zero-order valence-corrected chi connectivity index (χ0v) is 13.2. The molecule has 1 aliphatic rings. The van der Waals surface area contributed by atoms with Gasteiger partial charge in [0.25, 0.3) is 10.2 Å². The Morgan fingerprint density at radius 2 is 2.10 bits per heavy atom. The van der Waals surface area contributed by atoms with E-state index in [9.17, 15) is 13.2 Å². The fraction of sp³-hybridized carbons (Fsp3) is 0.917. The van der Waals surface area contributed by atoms with Gasteiger partial charge in [0, 0.05) is 19.6 Å². The summed E-state index contributed by atoms with van der Waals surface area (Å²) < 4.78 is 29.5. The molecule has 0 radical (unpaired) electrons. The second kappa shape index (κ2) is 6.84. The maximum absolute atomic E-state index is 12.0. The van der Waals surface area contributed by atoms with Crippen LogP contribution in [-0.2, 0) is 19.7 Å². The van der Waals surface area contributed by atoms with Crippen molar-refractivity contribution in [1.29, 1.82) is 0 Å². The minimum atomic E-state index is -3.67. The predicted octanol–water partition coefficient (Wildman–Crippen LogP) is -0.167. The van der Waals surface area contributed by atoms with E-state index in [0.29, 0.717) is 13.1 Å². The Hall–Kier alpha value is -0.700. The number of carbonyl (C=O) groups is 1. The van der Waals surface area contributed by atoms with Crippen molar-refractivity contribution >= 4 is 16.1 Å². The molecule has 0 saturated carbocycles. The van der Waals surface area contributed by atoms with Gasteiger partial charge in [-0.25, -0.2) is 9.86 Å². The first-order chi connectivity index (χ1) is 9.07. The maximum atomic E-state index is 12.0. The molecule has 20 heavy (non-hydrogen) atoms. The summed E-state index contributed by atoms with van der Waals surface area (Å²) in [7, 11) is -3.67. The minimum Gasteiger partial charge on any atom is -0.366 e. The van der Waals surface area contributed by atoms with E-state index in [4.69, 9.17) is 9.88 Å². The number of likely N-dealkylation sites (tertiary alicyclic amines) is 1. The van der Waals surface area contributed by atoms with Gasteiger partial charge in [0.2, 0.25) is 5.91 Å². The summed E-state index contributed by atoms with van der Waals surface area (Å²) >= 11 is 0. The number of nitrogens with two attached hydrogens (primary N) is 1. The molecule has 7 nitrogen and oxygen atoms in total. The standard InChI is InChI=1S/C12H25N3O4S/c1-12(2,3)19-9-11(16)15-6-4-5-10(8-15)7-14-20(13,17)18/h10,14H,4-9H2,1-3H3,(H2,13,17,18). The van der Waals surface area contributed by atoms with Crippen LogP contribution < -0.4 is 9.86 Å². The van der Waals surface area contributed by atoms with E-state index in [1.54, 1.807) is 4.90 Å². The fourth-order valence-electron chi connectivity index (χ4n) is 2.06. The summed E-state index contributed by atoms with van der Waals surface area (Å²) in [4.78, 5) is 13.8. The molecule has 1 rings (SSSR count). The summed E-state index contributed by atoms with van der Waals surface area (Å²) in [5.41, 5.74) is -0.347. The molecule has 8 heteroatoms. The molecule has 0 aromatic heterocycles. The van der Waals surface area contributed by atoms with Crippen molar-refractivity contribution in [3.63, 3.8) is 0 Å². The van der Waals surface area contributed by atoms with E-state index in [1.165, 1.54) is 0 Å². The van der Waals surface area contributed by atoms with E-state index in [-0.39, 0.29) is 30.6 Å². The smallest absolute Gasteiger partial charge is 0.274 e. The molecule has 1 saturated heterocycles. The lowest BCUT2D eigenvalue weighted by Crippen LogP contribution is -2.46. The number of nitrogens with zero attached hydrogens (tertiary/aromatic N) is 1. The Morgan fingerprint density at radius 1 is 1.45 bits per heavy atom. The van der Waals surface area contributed by atoms with Gasteiger partial charge in [0.05, 0.1) is 5.60 Å². The highest BCUT2D eigenvalue weighted by atomic mass is 32.2. The molecule has 1 unspecified atom stereocenters. The van der Waals surface area contributed by atoms with Crippen molar-refractivity contribution in [2.75, 3.05) is 26.2 Å². The van der Waals surface area contributed by atoms with Crippen molar-refractivity contribution in [1.82, 2.24) is 9.62 Å². The van der Waals surface area contributed by atoms with Crippen molar-refractivity contribution in [2.45, 2.75) is 39.2 Å². The number of nitrogens with one attached hydrogen (secondary N) is 1. The summed E-state index contributed by atoms with van der Waals surface area (Å²) in [6.07, 6.45) is 1.74. The molecule has 1 heterocycles. The molecule has 0 bridgehead atoms. The van der Waals surface area contributed by atoms with Crippen LogP contribution in [0.2, 0.25) is 0 Å². The average Bonchev–Trinajstić information content (AvgIpc) is 2.32. The van der Waals surface area contributed by atoms with Crippen molar-refractivity contribution in [3.05, 3.63) is 0 Å². The highest BCUT2D eigenvalue weighted by Gasteiger charge is 2.25. The Morgan fingerprint density at radius 3 is 2.65 bits per heavy atom. The molecule has 118 valence electrons. The molecular weight excluding hydrogens is 282 g/mol. The molecule has 1 aliphatic heterocycles. The highest BCUT2D eigenvalue weighted by molar-refractivity contribution is 7.87. The van der Waals surface area contributed by atoms with E-state index < -0.39 is 10.2 Å². The van der Waals surface area contributed by atoms with Crippen molar-refractivity contribution in [2.24, 2.45) is 11.1 Å². The van der Waals surface area contributed by atoms with Gasteiger partial charge < -0.3 is 9.64 Å². The van der Waals surface area contributed by atoms with Gasteiger partial charge in [-0.3, -0.25) is 4.79 Å². The monoisotopic (exact) mass is 307 g/mol. The third kappa shape index (κ3) is 7.18. The van der Waals surface area contributed by atoms with Crippen LogP contribution in [0.3, 0.4) is 0 Å². The Labute approximate surface area is 121 Å². The van der Waals surface area contributed by atoms with Crippen LogP contribution >= 0.6 is 0 Å². The molecule has 0 aliphatic carbocycles. The summed E-state index contributed by atoms with van der Waals surface area (Å²) in [5.74, 6) is 0.0425. The number of hydrogen-bond acceptors (Lipinski definition) is 4. The molecule has 0 aromatic carbocycles. The Bertz CT molecular complexity index is 430. The number of rotatable bonds is 5. The molecular formula is C12H25N3O4S. The SMILES string of the molecule is CC(C)(C)OCC(=O)N1CCCC(CNS(N)(=O)=O)C1. The van der Waals surface area contributed by atoms with Crippen LogP contribution in [0.15, 0.2) is 0 Å². The summed E-state index contributed by atoms with van der Waals surface area (Å²) in [6.45, 7) is 7.24. The zero-order valence-electron chi connectivity index (χ0n) is 12.4. The van der Waals surface area contributed by atoms with E-state index in [2.05, 4.69) is 4.72 Å². The van der Waals surface area contributed by atoms with Crippen LogP contribution in [0.25, 0.3) is 0 Å². The molecule has 1 amide bonds. The van der Waals surface area contributed by atoms with E-state index in [0.717, 1.165) is 12.8 Å². The van der Waals surface area contributed by atoms with Crippen LogP contribution in [0.5, 0.6) is 0 Å². The number of carbonyl (C=O) groups excluding carboxylic acids is 1. The van der Waals surface area contributed by atoms with Crippen molar-refractivity contribution < 1.29 is 17.9 Å². The molecule has 0 aromatic rings. The number of hydrogen-bond donors (Lipinski definition) is 2. The lowest BCUT2D eigenvalue weighted by atomic mass is 9.98.